The normalized spacial score (nSPS) is 21.8. The first-order chi connectivity index (χ1) is 12.9. The van der Waals surface area contributed by atoms with E-state index in [2.05, 4.69) is 25.5 Å². The lowest BCUT2D eigenvalue weighted by molar-refractivity contribution is -0.150. The number of carbonyl (C=O) groups excluding carboxylic acids is 2. The van der Waals surface area contributed by atoms with Gasteiger partial charge in [-0.25, -0.2) is 14.8 Å². The second-order valence-electron chi connectivity index (χ2n) is 5.79. The minimum absolute atomic E-state index is 0.123. The van der Waals surface area contributed by atoms with Gasteiger partial charge >= 0.3 is 5.97 Å². The van der Waals surface area contributed by atoms with Gasteiger partial charge in [-0.3, -0.25) is 19.6 Å². The Morgan fingerprint density at radius 2 is 2.26 bits per heavy atom. The number of β-lactam (4-membered cyclic amide) rings is 1. The molecule has 27 heavy (non-hydrogen) atoms. The fourth-order valence-electron chi connectivity index (χ4n) is 2.88. The van der Waals surface area contributed by atoms with Crippen LogP contribution in [0.4, 0.5) is 5.82 Å². The number of rotatable bonds is 4. The van der Waals surface area contributed by atoms with Gasteiger partial charge in [0.15, 0.2) is 10.8 Å². The maximum Gasteiger partial charge on any atom is 0.353 e. The monoisotopic (exact) mass is 407 g/mol. The summed E-state index contributed by atoms with van der Waals surface area (Å²) >= 11 is 2.40. The number of carboxylic acid groups (broad SMARTS) is 1. The van der Waals surface area contributed by atoms with Crippen molar-refractivity contribution in [1.29, 1.82) is 0 Å². The second-order valence-corrected chi connectivity index (χ2v) is 7.96. The SMILES string of the molecule is CC(=O)NC1C(=O)N2C(C(=O)O)=C(Sc3nc(N)c4cn[nH]c4n3)CS[C@H]12. The lowest BCUT2D eigenvalue weighted by atomic mass is 10.1. The van der Waals surface area contributed by atoms with Crippen LogP contribution in [-0.2, 0) is 14.4 Å². The van der Waals surface area contributed by atoms with Crippen molar-refractivity contribution in [3.8, 4) is 0 Å². The standard InChI is InChI=1S/C14H13N7O4S2/c1-4(22)17-7-11(23)21-8(13(24)25)6(3-26-12(7)21)27-14-18-9(15)5-2-16-20-10(5)19-14/h2,7,12H,3H2,1H3,(H,17,22)(H,24,25)(H3,15,16,18,19,20)/t7?,12-/m1/s1. The summed E-state index contributed by atoms with van der Waals surface area (Å²) in [6.07, 6.45) is 1.50. The number of anilines is 1. The maximum atomic E-state index is 12.4. The number of nitrogens with zero attached hydrogens (tertiary/aromatic N) is 4. The van der Waals surface area contributed by atoms with Gasteiger partial charge in [0, 0.05) is 17.6 Å². The molecule has 13 heteroatoms. The Labute approximate surface area is 160 Å². The van der Waals surface area contributed by atoms with Crippen LogP contribution in [0.1, 0.15) is 6.92 Å². The van der Waals surface area contributed by atoms with Crippen molar-refractivity contribution in [2.75, 3.05) is 11.5 Å². The Morgan fingerprint density at radius 3 is 2.96 bits per heavy atom. The predicted octanol–water partition coefficient (Wildman–Crippen LogP) is -0.257. The number of nitrogen functional groups attached to an aromatic ring is 1. The molecule has 2 atom stereocenters. The highest BCUT2D eigenvalue weighted by atomic mass is 32.2. The quantitative estimate of drug-likeness (QED) is 0.391. The Bertz CT molecular complexity index is 1020. The maximum absolute atomic E-state index is 12.4. The van der Waals surface area contributed by atoms with Crippen LogP contribution in [0.25, 0.3) is 11.0 Å². The fourth-order valence-corrected chi connectivity index (χ4v) is 5.30. The number of nitrogens with one attached hydrogen (secondary N) is 2. The molecule has 5 N–H and O–H groups in total. The molecule has 11 nitrogen and oxygen atoms in total. The number of amides is 2. The highest BCUT2D eigenvalue weighted by Crippen LogP contribution is 2.44. The van der Waals surface area contributed by atoms with Crippen LogP contribution in [0, 0.1) is 0 Å². The van der Waals surface area contributed by atoms with E-state index in [1.54, 1.807) is 0 Å². The summed E-state index contributed by atoms with van der Waals surface area (Å²) in [5.41, 5.74) is 6.20. The van der Waals surface area contributed by atoms with Gasteiger partial charge in [0.05, 0.1) is 11.6 Å². The van der Waals surface area contributed by atoms with Crippen molar-refractivity contribution in [2.45, 2.75) is 23.5 Å². The van der Waals surface area contributed by atoms with E-state index in [0.717, 1.165) is 11.8 Å². The van der Waals surface area contributed by atoms with Gasteiger partial charge in [0.25, 0.3) is 5.91 Å². The minimum Gasteiger partial charge on any atom is -0.477 e. The van der Waals surface area contributed by atoms with E-state index in [4.69, 9.17) is 5.73 Å². The lowest BCUT2D eigenvalue weighted by Gasteiger charge is -2.49. The number of aromatic amines is 1. The Hall–Kier alpha value is -2.80. The summed E-state index contributed by atoms with van der Waals surface area (Å²) in [5.74, 6) is -1.47. The number of carboxylic acids is 1. The molecule has 4 heterocycles. The molecule has 2 aromatic rings. The fraction of sp³-hybridized carbons (Fsp3) is 0.286. The Balaban J connectivity index is 1.66. The molecule has 0 aliphatic carbocycles. The molecule has 1 fully saturated rings. The van der Waals surface area contributed by atoms with Gasteiger partial charge in [-0.2, -0.15) is 5.10 Å². The van der Waals surface area contributed by atoms with E-state index in [1.165, 1.54) is 29.8 Å². The van der Waals surface area contributed by atoms with Crippen LogP contribution >= 0.6 is 23.5 Å². The third-order valence-electron chi connectivity index (χ3n) is 4.03. The molecule has 140 valence electrons. The van der Waals surface area contributed by atoms with Crippen LogP contribution in [-0.4, -0.2) is 65.1 Å². The number of aliphatic carboxylic acids is 1. The van der Waals surface area contributed by atoms with Crippen molar-refractivity contribution in [3.63, 3.8) is 0 Å². The zero-order valence-electron chi connectivity index (χ0n) is 13.8. The van der Waals surface area contributed by atoms with Crippen LogP contribution in [0.2, 0.25) is 0 Å². The molecule has 2 aliphatic heterocycles. The molecule has 2 aliphatic rings. The van der Waals surface area contributed by atoms with Crippen LogP contribution in [0.15, 0.2) is 22.0 Å². The lowest BCUT2D eigenvalue weighted by Crippen LogP contribution is -2.70. The molecule has 1 saturated heterocycles. The number of hydrogen-bond acceptors (Lipinski definition) is 9. The van der Waals surface area contributed by atoms with Gasteiger partial charge in [-0.1, -0.05) is 11.8 Å². The number of aromatic nitrogens is 4. The summed E-state index contributed by atoms with van der Waals surface area (Å²) in [4.78, 5) is 45.5. The van der Waals surface area contributed by atoms with Crippen molar-refractivity contribution < 1.29 is 19.5 Å². The van der Waals surface area contributed by atoms with Crippen LogP contribution < -0.4 is 11.1 Å². The zero-order valence-corrected chi connectivity index (χ0v) is 15.4. The summed E-state index contributed by atoms with van der Waals surface area (Å²) in [6, 6.07) is -0.721. The molecule has 2 amide bonds. The van der Waals surface area contributed by atoms with E-state index < -0.39 is 23.3 Å². The summed E-state index contributed by atoms with van der Waals surface area (Å²) in [6.45, 7) is 1.31. The third-order valence-corrected chi connectivity index (χ3v) is 6.44. The molecule has 0 aromatic carbocycles. The Morgan fingerprint density at radius 1 is 1.48 bits per heavy atom. The van der Waals surface area contributed by atoms with Crippen molar-refractivity contribution in [1.82, 2.24) is 30.4 Å². The van der Waals surface area contributed by atoms with Crippen LogP contribution in [0.3, 0.4) is 0 Å². The number of thioether (sulfide) groups is 2. The molecule has 2 aromatic heterocycles. The topological polar surface area (TPSA) is 167 Å². The van der Waals surface area contributed by atoms with Gasteiger partial charge in [0.2, 0.25) is 5.91 Å². The van der Waals surface area contributed by atoms with Crippen LogP contribution in [0.5, 0.6) is 0 Å². The van der Waals surface area contributed by atoms with E-state index in [-0.39, 0.29) is 22.6 Å². The number of nitrogens with two attached hydrogens (primary N) is 1. The highest BCUT2D eigenvalue weighted by Gasteiger charge is 2.54. The number of fused-ring (bicyclic) bond motifs is 2. The van der Waals surface area contributed by atoms with Gasteiger partial charge in [-0.15, -0.1) is 11.8 Å². The van der Waals surface area contributed by atoms with E-state index in [0.29, 0.717) is 21.7 Å². The first-order valence-electron chi connectivity index (χ1n) is 7.69. The molecule has 0 radical (unpaired) electrons. The summed E-state index contributed by atoms with van der Waals surface area (Å²) in [5, 5.41) is 19.1. The van der Waals surface area contributed by atoms with Gasteiger partial charge in [-0.05, 0) is 0 Å². The minimum atomic E-state index is -1.23. The first kappa shape index (κ1) is 17.6. The van der Waals surface area contributed by atoms with Gasteiger partial charge in [0.1, 0.15) is 22.9 Å². The molecule has 0 spiro atoms. The number of hydrogen-bond donors (Lipinski definition) is 4. The zero-order chi connectivity index (χ0) is 19.3. The largest absolute Gasteiger partial charge is 0.477 e. The molecular formula is C14H13N7O4S2. The van der Waals surface area contributed by atoms with Gasteiger partial charge < -0.3 is 16.2 Å². The average molecular weight is 407 g/mol. The van der Waals surface area contributed by atoms with E-state index in [1.807, 2.05) is 0 Å². The average Bonchev–Trinajstić information content (AvgIpc) is 3.08. The smallest absolute Gasteiger partial charge is 0.353 e. The summed E-state index contributed by atoms with van der Waals surface area (Å²) in [7, 11) is 0. The first-order valence-corrected chi connectivity index (χ1v) is 9.56. The summed E-state index contributed by atoms with van der Waals surface area (Å²) < 4.78 is 0. The molecule has 4 rings (SSSR count). The molecule has 1 unspecified atom stereocenters. The van der Waals surface area contributed by atoms with E-state index in [9.17, 15) is 19.5 Å². The third kappa shape index (κ3) is 2.88. The van der Waals surface area contributed by atoms with Crippen molar-refractivity contribution in [3.05, 3.63) is 16.8 Å². The highest BCUT2D eigenvalue weighted by molar-refractivity contribution is 8.06. The van der Waals surface area contributed by atoms with Crippen molar-refractivity contribution >= 4 is 58.2 Å². The molecular weight excluding hydrogens is 394 g/mol. The molecule has 0 saturated carbocycles. The molecule has 0 bridgehead atoms. The second kappa shape index (κ2) is 6.42. The Kier molecular flexibility index (Phi) is 4.19. The predicted molar refractivity (Wildman–Crippen MR) is 97.3 cm³/mol. The van der Waals surface area contributed by atoms with Crippen molar-refractivity contribution in [2.24, 2.45) is 0 Å². The number of carbonyl (C=O) groups is 3. The van der Waals surface area contributed by atoms with E-state index >= 15 is 0 Å². The number of H-pyrrole nitrogens is 1.